The van der Waals surface area contributed by atoms with Crippen LogP contribution in [0.4, 0.5) is 0 Å². The Kier molecular flexibility index (Phi) is 9.35. The first-order chi connectivity index (χ1) is 9.09. The van der Waals surface area contributed by atoms with Gasteiger partial charge in [0.05, 0.1) is 12.1 Å². The lowest BCUT2D eigenvalue weighted by Crippen LogP contribution is -2.38. The van der Waals surface area contributed by atoms with Crippen molar-refractivity contribution < 1.29 is 4.79 Å². The fourth-order valence-corrected chi connectivity index (χ4v) is 1.24. The molecule has 1 rings (SSSR count). The number of hydrogen-bond donors (Lipinski definition) is 3. The van der Waals surface area contributed by atoms with E-state index in [1.165, 1.54) is 6.20 Å². The number of aliphatic imine (C=N–C) groups is 1. The molecular formula is C13H20IN5O. The molecule has 7 heteroatoms. The number of carbonyl (C=O) groups excluding carboxylic acids is 1. The number of rotatable bonds is 6. The van der Waals surface area contributed by atoms with Gasteiger partial charge in [0.25, 0.3) is 5.91 Å². The van der Waals surface area contributed by atoms with E-state index in [-0.39, 0.29) is 29.9 Å². The molecule has 0 saturated heterocycles. The Balaban J connectivity index is 0.00000361. The second-order valence-electron chi connectivity index (χ2n) is 4.08. The van der Waals surface area contributed by atoms with Crippen molar-refractivity contribution in [3.05, 3.63) is 42.2 Å². The number of carbonyl (C=O) groups is 1. The number of hydrogen-bond acceptors (Lipinski definition) is 3. The average molecular weight is 389 g/mol. The highest BCUT2D eigenvalue weighted by Crippen LogP contribution is 1.94. The fraction of sp³-hybridized carbons (Fsp3) is 0.308. The maximum Gasteiger partial charge on any atom is 0.252 e. The van der Waals surface area contributed by atoms with Gasteiger partial charge >= 0.3 is 0 Å². The van der Waals surface area contributed by atoms with Crippen molar-refractivity contribution in [2.24, 2.45) is 10.7 Å². The Morgan fingerprint density at radius 1 is 1.45 bits per heavy atom. The van der Waals surface area contributed by atoms with Crippen molar-refractivity contribution in [1.29, 1.82) is 0 Å². The molecule has 1 aromatic rings. The van der Waals surface area contributed by atoms with Gasteiger partial charge in [-0.1, -0.05) is 12.2 Å². The molecule has 1 aromatic heterocycles. The lowest BCUT2D eigenvalue weighted by Gasteiger charge is -2.07. The van der Waals surface area contributed by atoms with Crippen molar-refractivity contribution >= 4 is 35.8 Å². The summed E-state index contributed by atoms with van der Waals surface area (Å²) in [7, 11) is 0. The lowest BCUT2D eigenvalue weighted by atomic mass is 10.3. The first-order valence-electron chi connectivity index (χ1n) is 5.96. The highest BCUT2D eigenvalue weighted by molar-refractivity contribution is 14.0. The Bertz CT molecular complexity index is 461. The summed E-state index contributed by atoms with van der Waals surface area (Å²) in [5, 5.41) is 5.65. The van der Waals surface area contributed by atoms with Gasteiger partial charge in [0, 0.05) is 25.5 Å². The molecule has 1 heterocycles. The smallest absolute Gasteiger partial charge is 0.252 e. The average Bonchev–Trinajstić information content (AvgIpc) is 2.42. The number of nitrogens with one attached hydrogen (secondary N) is 2. The molecule has 0 saturated carbocycles. The largest absolute Gasteiger partial charge is 0.370 e. The van der Waals surface area contributed by atoms with Crippen LogP contribution in [0, 0.1) is 0 Å². The lowest BCUT2D eigenvalue weighted by molar-refractivity contribution is 0.0954. The zero-order valence-electron chi connectivity index (χ0n) is 11.4. The molecule has 0 aliphatic carbocycles. The van der Waals surface area contributed by atoms with Gasteiger partial charge in [-0.05, 0) is 19.1 Å². The Labute approximate surface area is 136 Å². The summed E-state index contributed by atoms with van der Waals surface area (Å²) in [5.41, 5.74) is 7.10. The molecule has 0 bridgehead atoms. The van der Waals surface area contributed by atoms with Gasteiger partial charge < -0.3 is 16.4 Å². The Morgan fingerprint density at radius 2 is 2.15 bits per heavy atom. The first kappa shape index (κ1) is 18.4. The SMILES string of the molecule is C=C(C)CN=C(N)NCCNC(=O)c1cccnc1.I. The van der Waals surface area contributed by atoms with Crippen molar-refractivity contribution in [2.45, 2.75) is 6.92 Å². The molecular weight excluding hydrogens is 369 g/mol. The molecule has 6 nitrogen and oxygen atoms in total. The molecule has 0 aliphatic heterocycles. The minimum atomic E-state index is -0.160. The number of aromatic nitrogens is 1. The van der Waals surface area contributed by atoms with Crippen molar-refractivity contribution in [3.63, 3.8) is 0 Å². The van der Waals surface area contributed by atoms with E-state index < -0.39 is 0 Å². The second-order valence-corrected chi connectivity index (χ2v) is 4.08. The zero-order valence-corrected chi connectivity index (χ0v) is 13.8. The van der Waals surface area contributed by atoms with Crippen LogP contribution in [0.2, 0.25) is 0 Å². The minimum Gasteiger partial charge on any atom is -0.370 e. The first-order valence-corrected chi connectivity index (χ1v) is 5.96. The second kappa shape index (κ2) is 10.2. The van der Waals surface area contributed by atoms with Crippen LogP contribution in [0.15, 0.2) is 41.7 Å². The van der Waals surface area contributed by atoms with Gasteiger partial charge in [-0.25, -0.2) is 4.99 Å². The van der Waals surface area contributed by atoms with Crippen LogP contribution in [0.1, 0.15) is 17.3 Å². The van der Waals surface area contributed by atoms with Crippen LogP contribution in [-0.2, 0) is 0 Å². The predicted molar refractivity (Wildman–Crippen MR) is 91.3 cm³/mol. The Hall–Kier alpha value is -1.64. The minimum absolute atomic E-state index is 0. The van der Waals surface area contributed by atoms with E-state index in [4.69, 9.17) is 5.73 Å². The van der Waals surface area contributed by atoms with Crippen LogP contribution in [0.3, 0.4) is 0 Å². The molecule has 0 spiro atoms. The van der Waals surface area contributed by atoms with Crippen molar-refractivity contribution in [2.75, 3.05) is 19.6 Å². The van der Waals surface area contributed by atoms with Crippen LogP contribution in [0.25, 0.3) is 0 Å². The third kappa shape index (κ3) is 7.72. The number of nitrogens with two attached hydrogens (primary N) is 1. The summed E-state index contributed by atoms with van der Waals surface area (Å²) in [4.78, 5) is 19.6. The third-order valence-electron chi connectivity index (χ3n) is 2.16. The molecule has 0 fully saturated rings. The molecule has 0 atom stereocenters. The van der Waals surface area contributed by atoms with Gasteiger partial charge in [0.1, 0.15) is 0 Å². The summed E-state index contributed by atoms with van der Waals surface area (Å²) in [6.07, 6.45) is 3.14. The Morgan fingerprint density at radius 3 is 2.75 bits per heavy atom. The summed E-state index contributed by atoms with van der Waals surface area (Å²) < 4.78 is 0. The van der Waals surface area contributed by atoms with Crippen LogP contribution in [0.5, 0.6) is 0 Å². The molecule has 0 unspecified atom stereocenters. The van der Waals surface area contributed by atoms with Gasteiger partial charge in [-0.2, -0.15) is 0 Å². The van der Waals surface area contributed by atoms with Gasteiger partial charge in [-0.15, -0.1) is 24.0 Å². The van der Waals surface area contributed by atoms with Gasteiger partial charge in [-0.3, -0.25) is 9.78 Å². The number of pyridine rings is 1. The molecule has 0 aliphatic rings. The van der Waals surface area contributed by atoms with E-state index >= 15 is 0 Å². The maximum atomic E-state index is 11.7. The van der Waals surface area contributed by atoms with E-state index in [9.17, 15) is 4.79 Å². The maximum absolute atomic E-state index is 11.7. The van der Waals surface area contributed by atoms with Gasteiger partial charge in [0.2, 0.25) is 0 Å². The number of amides is 1. The molecule has 4 N–H and O–H groups in total. The normalized spacial score (nSPS) is 10.3. The van der Waals surface area contributed by atoms with Crippen molar-refractivity contribution in [3.8, 4) is 0 Å². The zero-order chi connectivity index (χ0) is 14.1. The topological polar surface area (TPSA) is 92.4 Å². The van der Waals surface area contributed by atoms with Crippen LogP contribution >= 0.6 is 24.0 Å². The summed E-state index contributed by atoms with van der Waals surface area (Å²) in [5.74, 6) is 0.186. The van der Waals surface area contributed by atoms with Crippen molar-refractivity contribution in [1.82, 2.24) is 15.6 Å². The van der Waals surface area contributed by atoms with E-state index in [0.29, 0.717) is 31.2 Å². The van der Waals surface area contributed by atoms with E-state index in [2.05, 4.69) is 27.2 Å². The third-order valence-corrected chi connectivity index (χ3v) is 2.16. The standard InChI is InChI=1S/C13H19N5O.HI/c1-10(2)8-18-13(14)17-7-6-16-12(19)11-4-3-5-15-9-11;/h3-5,9H,1,6-8H2,2H3,(H,16,19)(H3,14,17,18);1H. The monoisotopic (exact) mass is 389 g/mol. The number of guanidine groups is 1. The molecule has 20 heavy (non-hydrogen) atoms. The molecule has 0 aromatic carbocycles. The van der Waals surface area contributed by atoms with E-state index in [1.54, 1.807) is 18.3 Å². The highest BCUT2D eigenvalue weighted by Gasteiger charge is 2.03. The van der Waals surface area contributed by atoms with E-state index in [1.807, 2.05) is 6.92 Å². The van der Waals surface area contributed by atoms with E-state index in [0.717, 1.165) is 5.57 Å². The quantitative estimate of drug-likeness (QED) is 0.222. The van der Waals surface area contributed by atoms with Crippen LogP contribution in [-0.4, -0.2) is 36.5 Å². The predicted octanol–water partition coefficient (Wildman–Crippen LogP) is 0.910. The van der Waals surface area contributed by atoms with Gasteiger partial charge in [0.15, 0.2) is 5.96 Å². The molecule has 110 valence electrons. The summed E-state index contributed by atoms with van der Waals surface area (Å²) >= 11 is 0. The van der Waals surface area contributed by atoms with Crippen LogP contribution < -0.4 is 16.4 Å². The fourth-order valence-electron chi connectivity index (χ4n) is 1.24. The summed E-state index contributed by atoms with van der Waals surface area (Å²) in [6.45, 7) is 7.07. The molecule has 0 radical (unpaired) electrons. The number of nitrogens with zero attached hydrogens (tertiary/aromatic N) is 2. The number of halogens is 1. The summed E-state index contributed by atoms with van der Waals surface area (Å²) in [6, 6.07) is 3.42. The highest BCUT2D eigenvalue weighted by atomic mass is 127. The molecule has 1 amide bonds.